The van der Waals surface area contributed by atoms with Gasteiger partial charge in [0, 0.05) is 13.5 Å². The lowest BCUT2D eigenvalue weighted by Crippen LogP contribution is -2.25. The standard InChI is InChI=1S/C25H32F3N.C2H3N/c1-2-17-29(19-21-8-4-3-5-9-21)18-7-10-20-13-15-22(16-14-20)23-11-6-12-24(23)25(26,27)28;1-2-3/h3-5,8-9,13-16,23-24H,2,6-7,10-12,17-19H2,1H3;1H3. The quantitative estimate of drug-likeness (QED) is 0.400. The molecule has 0 aliphatic heterocycles. The first kappa shape index (κ1) is 25.9. The average Bonchev–Trinajstić information content (AvgIpc) is 3.26. The number of rotatable bonds is 9. The van der Waals surface area contributed by atoms with E-state index in [4.69, 9.17) is 5.26 Å². The van der Waals surface area contributed by atoms with Crippen LogP contribution in [0.2, 0.25) is 0 Å². The van der Waals surface area contributed by atoms with E-state index in [1.165, 1.54) is 18.1 Å². The predicted molar refractivity (Wildman–Crippen MR) is 124 cm³/mol. The fourth-order valence-electron chi connectivity index (χ4n) is 4.62. The van der Waals surface area contributed by atoms with E-state index in [1.54, 1.807) is 6.07 Å². The highest BCUT2D eigenvalue weighted by molar-refractivity contribution is 5.27. The summed E-state index contributed by atoms with van der Waals surface area (Å²) >= 11 is 0. The second kappa shape index (κ2) is 13.3. The van der Waals surface area contributed by atoms with E-state index < -0.39 is 12.1 Å². The van der Waals surface area contributed by atoms with Crippen LogP contribution in [0.15, 0.2) is 54.6 Å². The van der Waals surface area contributed by atoms with Crippen molar-refractivity contribution >= 4 is 0 Å². The molecule has 0 saturated heterocycles. The molecule has 1 aliphatic rings. The van der Waals surface area contributed by atoms with E-state index in [-0.39, 0.29) is 12.3 Å². The second-order valence-corrected chi connectivity index (χ2v) is 8.52. The Labute approximate surface area is 191 Å². The van der Waals surface area contributed by atoms with Gasteiger partial charge < -0.3 is 0 Å². The van der Waals surface area contributed by atoms with Crippen LogP contribution in [0.5, 0.6) is 0 Å². The molecular formula is C27H35F3N2. The molecule has 0 aromatic heterocycles. The lowest BCUT2D eigenvalue weighted by molar-refractivity contribution is -0.176. The van der Waals surface area contributed by atoms with Gasteiger partial charge in [0.2, 0.25) is 0 Å². The van der Waals surface area contributed by atoms with E-state index in [0.717, 1.165) is 44.5 Å². The summed E-state index contributed by atoms with van der Waals surface area (Å²) in [5.41, 5.74) is 3.40. The van der Waals surface area contributed by atoms with Crippen molar-refractivity contribution in [3.8, 4) is 6.07 Å². The Morgan fingerprint density at radius 2 is 1.62 bits per heavy atom. The van der Waals surface area contributed by atoms with Crippen LogP contribution in [0, 0.1) is 17.2 Å². The molecule has 0 bridgehead atoms. The first-order valence-corrected chi connectivity index (χ1v) is 11.6. The third kappa shape index (κ3) is 8.31. The molecule has 174 valence electrons. The first-order valence-electron chi connectivity index (χ1n) is 11.6. The molecule has 2 nitrogen and oxygen atoms in total. The van der Waals surface area contributed by atoms with E-state index in [0.29, 0.717) is 12.8 Å². The van der Waals surface area contributed by atoms with E-state index in [1.807, 2.05) is 30.3 Å². The van der Waals surface area contributed by atoms with Gasteiger partial charge >= 0.3 is 6.18 Å². The molecule has 2 unspecified atom stereocenters. The molecule has 0 N–H and O–H groups in total. The predicted octanol–water partition coefficient (Wildman–Crippen LogP) is 7.51. The van der Waals surface area contributed by atoms with Gasteiger partial charge in [0.1, 0.15) is 0 Å². The lowest BCUT2D eigenvalue weighted by atomic mass is 9.88. The van der Waals surface area contributed by atoms with Crippen molar-refractivity contribution in [2.24, 2.45) is 5.92 Å². The summed E-state index contributed by atoms with van der Waals surface area (Å²) < 4.78 is 39.7. The number of nitrogens with zero attached hydrogens (tertiary/aromatic N) is 2. The first-order chi connectivity index (χ1) is 15.4. The Morgan fingerprint density at radius 3 is 2.22 bits per heavy atom. The van der Waals surface area contributed by atoms with Crippen LogP contribution in [-0.2, 0) is 13.0 Å². The van der Waals surface area contributed by atoms with Crippen LogP contribution in [0.1, 0.15) is 68.6 Å². The van der Waals surface area contributed by atoms with Crippen molar-refractivity contribution in [3.05, 3.63) is 71.3 Å². The molecule has 2 aromatic carbocycles. The van der Waals surface area contributed by atoms with Crippen molar-refractivity contribution in [1.29, 1.82) is 5.26 Å². The number of halogens is 3. The molecule has 1 fully saturated rings. The molecule has 1 aliphatic carbocycles. The van der Waals surface area contributed by atoms with Gasteiger partial charge in [0.05, 0.1) is 12.0 Å². The van der Waals surface area contributed by atoms with Crippen molar-refractivity contribution in [3.63, 3.8) is 0 Å². The number of benzene rings is 2. The number of alkyl halides is 3. The third-order valence-electron chi connectivity index (χ3n) is 6.07. The van der Waals surface area contributed by atoms with Gasteiger partial charge in [-0.25, -0.2) is 0 Å². The van der Waals surface area contributed by atoms with Gasteiger partial charge in [-0.15, -0.1) is 0 Å². The summed E-state index contributed by atoms with van der Waals surface area (Å²) in [6.45, 7) is 6.71. The van der Waals surface area contributed by atoms with Gasteiger partial charge in [0.15, 0.2) is 0 Å². The maximum Gasteiger partial charge on any atom is 0.392 e. The molecule has 1 saturated carbocycles. The highest BCUT2D eigenvalue weighted by Gasteiger charge is 2.47. The molecular weight excluding hydrogens is 409 g/mol. The molecule has 0 amide bonds. The number of nitriles is 1. The smallest absolute Gasteiger partial charge is 0.299 e. The fraction of sp³-hybridized carbons (Fsp3) is 0.519. The van der Waals surface area contributed by atoms with E-state index in [2.05, 4.69) is 36.1 Å². The third-order valence-corrected chi connectivity index (χ3v) is 6.07. The Hall–Kier alpha value is -2.32. The van der Waals surface area contributed by atoms with E-state index in [9.17, 15) is 13.2 Å². The van der Waals surface area contributed by atoms with Gasteiger partial charge in [-0.05, 0) is 67.8 Å². The zero-order chi connectivity index (χ0) is 23.4. The topological polar surface area (TPSA) is 27.0 Å². The largest absolute Gasteiger partial charge is 0.392 e. The SMILES string of the molecule is CC#N.CCCN(CCCc1ccc(C2CCCC2C(F)(F)F)cc1)Cc1ccccc1. The van der Waals surface area contributed by atoms with Crippen LogP contribution in [0.4, 0.5) is 13.2 Å². The maximum absolute atomic E-state index is 13.2. The minimum atomic E-state index is -4.08. The van der Waals surface area contributed by atoms with Crippen molar-refractivity contribution in [1.82, 2.24) is 4.90 Å². The van der Waals surface area contributed by atoms with Gasteiger partial charge in [-0.2, -0.15) is 18.4 Å². The summed E-state index contributed by atoms with van der Waals surface area (Å²) in [5.74, 6) is -1.54. The molecule has 0 spiro atoms. The Balaban J connectivity index is 0.00000114. The van der Waals surface area contributed by atoms with Gasteiger partial charge in [0.25, 0.3) is 0 Å². The normalized spacial score (nSPS) is 18.2. The van der Waals surface area contributed by atoms with Crippen molar-refractivity contribution < 1.29 is 13.2 Å². The molecule has 0 heterocycles. The summed E-state index contributed by atoms with van der Waals surface area (Å²) in [7, 11) is 0. The summed E-state index contributed by atoms with van der Waals surface area (Å²) in [5, 5.41) is 7.32. The molecule has 0 radical (unpaired) electrons. The highest BCUT2D eigenvalue weighted by Crippen LogP contribution is 2.48. The lowest BCUT2D eigenvalue weighted by Gasteiger charge is -2.23. The van der Waals surface area contributed by atoms with Gasteiger partial charge in [-0.3, -0.25) is 4.90 Å². The van der Waals surface area contributed by atoms with Crippen molar-refractivity contribution in [2.45, 2.75) is 71.0 Å². The average molecular weight is 445 g/mol. The van der Waals surface area contributed by atoms with Gasteiger partial charge in [-0.1, -0.05) is 67.9 Å². The number of hydrogen-bond acceptors (Lipinski definition) is 2. The van der Waals surface area contributed by atoms with Crippen LogP contribution in [0.25, 0.3) is 0 Å². The zero-order valence-corrected chi connectivity index (χ0v) is 19.2. The van der Waals surface area contributed by atoms with Crippen molar-refractivity contribution in [2.75, 3.05) is 13.1 Å². The summed E-state index contributed by atoms with van der Waals surface area (Å²) in [4.78, 5) is 2.48. The highest BCUT2D eigenvalue weighted by atomic mass is 19.4. The Morgan fingerprint density at radius 1 is 0.969 bits per heavy atom. The Kier molecular flexibility index (Phi) is 10.8. The minimum absolute atomic E-state index is 0.268. The fourth-order valence-corrected chi connectivity index (χ4v) is 4.62. The molecule has 3 rings (SSSR count). The monoisotopic (exact) mass is 444 g/mol. The number of hydrogen-bond donors (Lipinski definition) is 0. The summed E-state index contributed by atoms with van der Waals surface area (Å²) in [6, 6.07) is 20.2. The second-order valence-electron chi connectivity index (χ2n) is 8.52. The summed E-state index contributed by atoms with van der Waals surface area (Å²) in [6.07, 6.45) is 0.652. The minimum Gasteiger partial charge on any atom is -0.299 e. The Bertz CT molecular complexity index is 810. The molecule has 32 heavy (non-hydrogen) atoms. The maximum atomic E-state index is 13.2. The zero-order valence-electron chi connectivity index (χ0n) is 19.2. The number of aryl methyl sites for hydroxylation is 1. The molecule has 5 heteroatoms. The molecule has 2 atom stereocenters. The van der Waals surface area contributed by atoms with Crippen LogP contribution < -0.4 is 0 Å². The van der Waals surface area contributed by atoms with Crippen LogP contribution in [0.3, 0.4) is 0 Å². The van der Waals surface area contributed by atoms with Crippen LogP contribution in [-0.4, -0.2) is 24.2 Å². The molecule has 2 aromatic rings. The van der Waals surface area contributed by atoms with Crippen LogP contribution >= 0.6 is 0 Å². The van der Waals surface area contributed by atoms with E-state index >= 15 is 0 Å².